The van der Waals surface area contributed by atoms with Crippen molar-refractivity contribution in [3.8, 4) is 0 Å². The molecule has 0 saturated heterocycles. The maximum Gasteiger partial charge on any atom is 0.258 e. The highest BCUT2D eigenvalue weighted by Crippen LogP contribution is 2.31. The predicted molar refractivity (Wildman–Crippen MR) is 123 cm³/mol. The number of nitrogens with one attached hydrogen (secondary N) is 1. The van der Waals surface area contributed by atoms with Crippen LogP contribution in [0, 0.1) is 0 Å². The summed E-state index contributed by atoms with van der Waals surface area (Å²) in [5.41, 5.74) is 5.18. The van der Waals surface area contributed by atoms with Gasteiger partial charge in [-0.2, -0.15) is 0 Å². The van der Waals surface area contributed by atoms with Crippen LogP contribution in [0.2, 0.25) is 0 Å². The monoisotopic (exact) mass is 462 g/mol. The Balaban J connectivity index is 1.63. The third kappa shape index (κ3) is 3.90. The molecule has 0 aromatic heterocycles. The maximum atomic E-state index is 13.1. The Hall–Kier alpha value is -2.92. The average molecular weight is 463 g/mol. The number of carbonyl (C=O) groups excluding carboxylic acids is 2. The largest absolute Gasteiger partial charge is 0.346 e. The Kier molecular flexibility index (Phi) is 5.73. The Morgan fingerprint density at radius 3 is 2.53 bits per heavy atom. The number of rotatable bonds is 4. The van der Waals surface area contributed by atoms with Crippen LogP contribution in [0.15, 0.2) is 71.2 Å². The Morgan fingerprint density at radius 2 is 1.80 bits per heavy atom. The van der Waals surface area contributed by atoms with E-state index in [1.807, 2.05) is 80.6 Å². The van der Waals surface area contributed by atoms with Crippen LogP contribution >= 0.6 is 15.9 Å². The number of nitrogens with zero attached hydrogens (tertiary/aromatic N) is 1. The molecule has 0 aliphatic carbocycles. The third-order valence-corrected chi connectivity index (χ3v) is 6.07. The van der Waals surface area contributed by atoms with Crippen molar-refractivity contribution in [3.05, 3.63) is 99.0 Å². The molecule has 3 aromatic rings. The lowest BCUT2D eigenvalue weighted by Crippen LogP contribution is -2.31. The van der Waals surface area contributed by atoms with Crippen LogP contribution in [0.3, 0.4) is 0 Å². The molecule has 3 aromatic carbocycles. The van der Waals surface area contributed by atoms with Gasteiger partial charge in [0.2, 0.25) is 0 Å². The first kappa shape index (κ1) is 20.4. The second kappa shape index (κ2) is 8.44. The van der Waals surface area contributed by atoms with Gasteiger partial charge in [0.1, 0.15) is 0 Å². The molecule has 0 bridgehead atoms. The lowest BCUT2D eigenvalue weighted by atomic mass is 9.99. The van der Waals surface area contributed by atoms with E-state index in [1.165, 1.54) is 0 Å². The zero-order valence-corrected chi connectivity index (χ0v) is 18.6. The van der Waals surface area contributed by atoms with Gasteiger partial charge >= 0.3 is 0 Å². The molecule has 30 heavy (non-hydrogen) atoms. The molecular formula is C25H23BrN2O2. The molecule has 0 fully saturated rings. The first-order valence-electron chi connectivity index (χ1n) is 10.1. The summed E-state index contributed by atoms with van der Waals surface area (Å²) < 4.78 is 1.00. The minimum atomic E-state index is -0.154. The van der Waals surface area contributed by atoms with Crippen LogP contribution in [0.4, 0.5) is 5.69 Å². The summed E-state index contributed by atoms with van der Waals surface area (Å²) in [6, 6.07) is 21.1. The zero-order valence-electron chi connectivity index (χ0n) is 17.0. The SMILES string of the molecule is CCN1C(=O)c2ccccc2Cc2ccc(C(=O)NC(C)c3ccc(Br)cc3)cc21. The second-order valence-electron chi connectivity index (χ2n) is 7.47. The molecule has 2 amide bonds. The van der Waals surface area contributed by atoms with E-state index < -0.39 is 0 Å². The van der Waals surface area contributed by atoms with Crippen LogP contribution in [-0.2, 0) is 6.42 Å². The Morgan fingerprint density at radius 1 is 1.07 bits per heavy atom. The van der Waals surface area contributed by atoms with E-state index in [2.05, 4.69) is 21.2 Å². The second-order valence-corrected chi connectivity index (χ2v) is 8.39. The number of anilines is 1. The molecule has 4 rings (SSSR count). The summed E-state index contributed by atoms with van der Waals surface area (Å²) in [5, 5.41) is 3.06. The summed E-state index contributed by atoms with van der Waals surface area (Å²) in [4.78, 5) is 27.8. The first-order chi connectivity index (χ1) is 14.5. The van der Waals surface area contributed by atoms with Crippen molar-refractivity contribution in [1.29, 1.82) is 0 Å². The van der Waals surface area contributed by atoms with Gasteiger partial charge in [-0.15, -0.1) is 0 Å². The fourth-order valence-corrected chi connectivity index (χ4v) is 4.14. The van der Waals surface area contributed by atoms with Crippen molar-refractivity contribution < 1.29 is 9.59 Å². The fraction of sp³-hybridized carbons (Fsp3) is 0.200. The molecule has 1 atom stereocenters. The van der Waals surface area contributed by atoms with Crippen LogP contribution in [0.5, 0.6) is 0 Å². The number of amides is 2. The zero-order chi connectivity index (χ0) is 21.3. The van der Waals surface area contributed by atoms with Crippen LogP contribution in [0.25, 0.3) is 0 Å². The highest BCUT2D eigenvalue weighted by Gasteiger charge is 2.26. The van der Waals surface area contributed by atoms with Gasteiger partial charge < -0.3 is 10.2 Å². The van der Waals surface area contributed by atoms with Gasteiger partial charge in [-0.05, 0) is 60.9 Å². The van der Waals surface area contributed by atoms with Crippen molar-refractivity contribution >= 4 is 33.4 Å². The van der Waals surface area contributed by atoms with Crippen LogP contribution in [0.1, 0.15) is 57.3 Å². The van der Waals surface area contributed by atoms with E-state index in [0.29, 0.717) is 18.5 Å². The average Bonchev–Trinajstić information content (AvgIpc) is 2.87. The number of benzene rings is 3. The van der Waals surface area contributed by atoms with Crippen molar-refractivity contribution in [2.24, 2.45) is 0 Å². The first-order valence-corrected chi connectivity index (χ1v) is 10.9. The van der Waals surface area contributed by atoms with E-state index in [-0.39, 0.29) is 17.9 Å². The molecule has 0 radical (unpaired) electrons. The Labute approximate surface area is 185 Å². The topological polar surface area (TPSA) is 49.4 Å². The quantitative estimate of drug-likeness (QED) is 0.555. The molecule has 1 aliphatic heterocycles. The molecule has 4 nitrogen and oxygen atoms in total. The minimum absolute atomic E-state index is 0.0207. The normalized spacial score (nSPS) is 13.8. The summed E-state index contributed by atoms with van der Waals surface area (Å²) >= 11 is 3.43. The molecular weight excluding hydrogens is 440 g/mol. The number of carbonyl (C=O) groups is 2. The van der Waals surface area contributed by atoms with Crippen molar-refractivity contribution in [1.82, 2.24) is 5.32 Å². The van der Waals surface area contributed by atoms with E-state index in [9.17, 15) is 9.59 Å². The molecule has 1 heterocycles. The van der Waals surface area contributed by atoms with Gasteiger partial charge in [0.15, 0.2) is 0 Å². The molecule has 1 aliphatic rings. The van der Waals surface area contributed by atoms with Crippen molar-refractivity contribution in [2.45, 2.75) is 26.3 Å². The Bertz CT molecular complexity index is 1110. The van der Waals surface area contributed by atoms with Gasteiger partial charge in [0, 0.05) is 34.3 Å². The fourth-order valence-electron chi connectivity index (χ4n) is 3.88. The molecule has 5 heteroatoms. The summed E-state index contributed by atoms with van der Waals surface area (Å²) in [5.74, 6) is -0.175. The highest BCUT2D eigenvalue weighted by atomic mass is 79.9. The minimum Gasteiger partial charge on any atom is -0.346 e. The van der Waals surface area contributed by atoms with Crippen molar-refractivity contribution in [3.63, 3.8) is 0 Å². The molecule has 1 N–H and O–H groups in total. The van der Waals surface area contributed by atoms with Gasteiger partial charge in [0.25, 0.3) is 11.8 Å². The summed E-state index contributed by atoms with van der Waals surface area (Å²) in [6.07, 6.45) is 0.672. The molecule has 152 valence electrons. The van der Waals surface area contributed by atoms with E-state index in [4.69, 9.17) is 0 Å². The van der Waals surface area contributed by atoms with Gasteiger partial charge in [0.05, 0.1) is 6.04 Å². The molecule has 1 unspecified atom stereocenters. The maximum absolute atomic E-state index is 13.1. The van der Waals surface area contributed by atoms with E-state index in [0.717, 1.165) is 32.4 Å². The van der Waals surface area contributed by atoms with E-state index in [1.54, 1.807) is 4.90 Å². The van der Waals surface area contributed by atoms with Crippen molar-refractivity contribution in [2.75, 3.05) is 11.4 Å². The number of halogens is 1. The number of fused-ring (bicyclic) bond motifs is 2. The summed E-state index contributed by atoms with van der Waals surface area (Å²) in [7, 11) is 0. The van der Waals surface area contributed by atoms with Gasteiger partial charge in [-0.1, -0.05) is 52.3 Å². The number of hydrogen-bond acceptors (Lipinski definition) is 2. The standard InChI is InChI=1S/C25H23BrN2O2/c1-3-28-23-15-20(24(29)27-16(2)17-10-12-21(26)13-11-17)9-8-19(23)14-18-6-4-5-7-22(18)25(28)30/h4-13,15-16H,3,14H2,1-2H3,(H,27,29). The lowest BCUT2D eigenvalue weighted by molar-refractivity contribution is 0.0937. The summed E-state index contributed by atoms with van der Waals surface area (Å²) in [6.45, 7) is 4.46. The lowest BCUT2D eigenvalue weighted by Gasteiger charge is -2.22. The van der Waals surface area contributed by atoms with Crippen LogP contribution in [-0.4, -0.2) is 18.4 Å². The smallest absolute Gasteiger partial charge is 0.258 e. The van der Waals surface area contributed by atoms with Gasteiger partial charge in [-0.3, -0.25) is 9.59 Å². The van der Waals surface area contributed by atoms with Gasteiger partial charge in [-0.25, -0.2) is 0 Å². The number of hydrogen-bond donors (Lipinski definition) is 1. The molecule has 0 saturated carbocycles. The predicted octanol–water partition coefficient (Wildman–Crippen LogP) is 5.51. The molecule has 0 spiro atoms. The van der Waals surface area contributed by atoms with E-state index >= 15 is 0 Å². The highest BCUT2D eigenvalue weighted by molar-refractivity contribution is 9.10. The third-order valence-electron chi connectivity index (χ3n) is 5.55. The van der Waals surface area contributed by atoms with Crippen LogP contribution < -0.4 is 10.2 Å².